The van der Waals surface area contributed by atoms with Crippen LogP contribution < -0.4 is 21.7 Å². The van der Waals surface area contributed by atoms with Gasteiger partial charge in [-0.05, 0) is 25.7 Å². The number of ether oxygens (including phenoxy) is 1. The summed E-state index contributed by atoms with van der Waals surface area (Å²) in [5.41, 5.74) is 6.19. The number of thiazole rings is 1. The summed E-state index contributed by atoms with van der Waals surface area (Å²) in [5, 5.41) is 10.4. The van der Waals surface area contributed by atoms with Crippen LogP contribution in [0.3, 0.4) is 0 Å². The number of oxazole rings is 1. The largest absolute Gasteiger partial charge is 0.459 e. The van der Waals surface area contributed by atoms with Gasteiger partial charge in [-0.1, -0.05) is 34.1 Å². The Balaban J connectivity index is 2.01. The summed E-state index contributed by atoms with van der Waals surface area (Å²) in [7, 11) is 0. The molecule has 0 aliphatic carbocycles. The van der Waals surface area contributed by atoms with Crippen molar-refractivity contribution < 1.29 is 28.3 Å². The molecular weight excluding hydrogens is 500 g/mol. The van der Waals surface area contributed by atoms with Crippen molar-refractivity contribution in [1.82, 2.24) is 25.9 Å². The van der Waals surface area contributed by atoms with Crippen LogP contribution in [0.2, 0.25) is 0 Å². The molecule has 2 aromatic heterocycles. The Kier molecular flexibility index (Phi) is 9.02. The van der Waals surface area contributed by atoms with E-state index in [4.69, 9.17) is 14.9 Å². The number of cyclic esters (lactones) is 1. The van der Waals surface area contributed by atoms with E-state index in [9.17, 15) is 19.2 Å². The molecule has 12 nitrogen and oxygen atoms in total. The van der Waals surface area contributed by atoms with Gasteiger partial charge >= 0.3 is 5.97 Å². The van der Waals surface area contributed by atoms with E-state index < -0.39 is 54.0 Å². The Morgan fingerprint density at radius 3 is 2.32 bits per heavy atom. The van der Waals surface area contributed by atoms with Crippen LogP contribution in [0, 0.1) is 11.8 Å². The van der Waals surface area contributed by atoms with Gasteiger partial charge in [-0.2, -0.15) is 0 Å². The molecule has 3 rings (SSSR count). The molecule has 37 heavy (non-hydrogen) atoms. The first-order valence-electron chi connectivity index (χ1n) is 12.2. The molecule has 0 saturated carbocycles. The molecule has 0 fully saturated rings. The smallest absolute Gasteiger partial charge is 0.328 e. The van der Waals surface area contributed by atoms with E-state index in [0.29, 0.717) is 5.01 Å². The van der Waals surface area contributed by atoms with Crippen LogP contribution in [-0.2, 0) is 14.3 Å². The number of hydrogen-bond donors (Lipinski definition) is 4. The number of nitrogens with two attached hydrogens (primary N) is 1. The molecule has 1 aliphatic heterocycles. The van der Waals surface area contributed by atoms with E-state index in [0.717, 1.165) is 6.42 Å². The Morgan fingerprint density at radius 1 is 1.00 bits per heavy atom. The minimum atomic E-state index is -1.20. The van der Waals surface area contributed by atoms with Gasteiger partial charge in [0.2, 0.25) is 11.8 Å². The first-order valence-corrected chi connectivity index (χ1v) is 13.1. The van der Waals surface area contributed by atoms with Gasteiger partial charge in [0.1, 0.15) is 41.2 Å². The molecule has 0 radical (unpaired) electrons. The summed E-state index contributed by atoms with van der Waals surface area (Å²) in [6.07, 6.45) is 0.971. The van der Waals surface area contributed by atoms with E-state index >= 15 is 0 Å². The van der Waals surface area contributed by atoms with Crippen molar-refractivity contribution in [3.05, 3.63) is 33.9 Å². The first kappa shape index (κ1) is 28.3. The second-order valence-corrected chi connectivity index (χ2v) is 10.5. The van der Waals surface area contributed by atoms with Crippen molar-refractivity contribution in [2.75, 3.05) is 0 Å². The number of nitrogens with one attached hydrogen (secondary N) is 3. The highest BCUT2D eigenvalue weighted by Gasteiger charge is 2.33. The minimum absolute atomic E-state index is 0.00827. The lowest BCUT2D eigenvalue weighted by atomic mass is 9.99. The second kappa shape index (κ2) is 11.8. The average Bonchev–Trinajstić information content (AvgIpc) is 3.54. The summed E-state index contributed by atoms with van der Waals surface area (Å²) >= 11 is 1.23. The lowest BCUT2D eigenvalue weighted by molar-refractivity contribution is -0.152. The molecule has 1 aliphatic rings. The topological polar surface area (TPSA) is 179 Å². The number of fused-ring (bicyclic) bond motifs is 4. The summed E-state index contributed by atoms with van der Waals surface area (Å²) in [6.45, 7) is 10.6. The lowest BCUT2D eigenvalue weighted by Crippen LogP contribution is -2.51. The molecule has 202 valence electrons. The van der Waals surface area contributed by atoms with Crippen LogP contribution >= 0.6 is 11.3 Å². The number of carbonyl (C=O) groups is 4. The number of rotatable bonds is 3. The zero-order chi connectivity index (χ0) is 27.4. The zero-order valence-electron chi connectivity index (χ0n) is 21.7. The number of nitrogens with zero attached hydrogens (tertiary/aromatic N) is 2. The third kappa shape index (κ3) is 6.52. The predicted octanol–water partition coefficient (Wildman–Crippen LogP) is 1.85. The Morgan fingerprint density at radius 2 is 1.68 bits per heavy atom. The van der Waals surface area contributed by atoms with Crippen molar-refractivity contribution >= 4 is 35.0 Å². The van der Waals surface area contributed by atoms with Gasteiger partial charge in [-0.25, -0.2) is 14.8 Å². The second-order valence-electron chi connectivity index (χ2n) is 9.57. The predicted molar refractivity (Wildman–Crippen MR) is 134 cm³/mol. The lowest BCUT2D eigenvalue weighted by Gasteiger charge is -2.25. The number of esters is 1. The molecule has 3 amide bonds. The summed E-state index contributed by atoms with van der Waals surface area (Å²) in [6, 6.07) is -3.40. The van der Waals surface area contributed by atoms with Gasteiger partial charge < -0.3 is 30.8 Å². The highest BCUT2D eigenvalue weighted by Crippen LogP contribution is 2.28. The summed E-state index contributed by atoms with van der Waals surface area (Å²) < 4.78 is 10.9. The molecule has 0 aromatic carbocycles. The number of amides is 3. The SMILES string of the molecule is CCC(C)C1NC(=O)c2coc(n2)C(C(C)C)NC(=O)C(N)C(C)OC(=O)C(C)NC(=O)c2csc1n2. The summed E-state index contributed by atoms with van der Waals surface area (Å²) in [5.74, 6) is -2.42. The van der Waals surface area contributed by atoms with Gasteiger partial charge in [0, 0.05) is 5.38 Å². The standard InChI is InChI=1S/C24H34N6O6S/c1-7-11(4)18-23-28-15(9-37-23)20(32)26-12(5)24(34)36-13(6)16(25)21(33)29-17(10(2)3)22-27-14(8-35-22)19(31)30-18/h8-13,16-18H,7,25H2,1-6H3,(H,26,32)(H,29,33)(H,30,31). The maximum atomic E-state index is 13.1. The number of carbonyl (C=O) groups excluding carboxylic acids is 4. The van der Waals surface area contributed by atoms with Crippen LogP contribution in [0.25, 0.3) is 0 Å². The van der Waals surface area contributed by atoms with Crippen molar-refractivity contribution in [3.8, 4) is 0 Å². The van der Waals surface area contributed by atoms with Gasteiger partial charge in [0.05, 0.1) is 6.04 Å². The normalized spacial score (nSPS) is 26.8. The van der Waals surface area contributed by atoms with Crippen LogP contribution in [0.15, 0.2) is 16.1 Å². The number of aromatic nitrogens is 2. The Labute approximate surface area is 219 Å². The fourth-order valence-corrected chi connectivity index (χ4v) is 4.61. The monoisotopic (exact) mass is 534 g/mol. The van der Waals surface area contributed by atoms with E-state index in [1.54, 1.807) is 5.38 Å². The van der Waals surface area contributed by atoms with Gasteiger partial charge in [0.25, 0.3) is 11.8 Å². The van der Waals surface area contributed by atoms with E-state index in [1.165, 1.54) is 31.4 Å². The van der Waals surface area contributed by atoms with Crippen molar-refractivity contribution in [2.45, 2.75) is 78.2 Å². The quantitative estimate of drug-likeness (QED) is 0.428. The molecule has 4 bridgehead atoms. The highest BCUT2D eigenvalue weighted by atomic mass is 32.1. The fourth-order valence-electron chi connectivity index (χ4n) is 3.63. The fraction of sp³-hybridized carbons (Fsp3) is 0.583. The zero-order valence-corrected chi connectivity index (χ0v) is 22.5. The van der Waals surface area contributed by atoms with Crippen molar-refractivity contribution in [1.29, 1.82) is 0 Å². The molecule has 2 aromatic rings. The third-order valence-corrected chi connectivity index (χ3v) is 7.24. The molecule has 3 heterocycles. The Hall–Kier alpha value is -3.32. The summed E-state index contributed by atoms with van der Waals surface area (Å²) in [4.78, 5) is 60.1. The Bertz CT molecular complexity index is 1150. The maximum Gasteiger partial charge on any atom is 0.328 e. The van der Waals surface area contributed by atoms with Crippen molar-refractivity contribution in [3.63, 3.8) is 0 Å². The molecule has 5 N–H and O–H groups in total. The van der Waals surface area contributed by atoms with E-state index in [-0.39, 0.29) is 29.1 Å². The molecule has 0 spiro atoms. The molecule has 13 heteroatoms. The molecular formula is C24H34N6O6S. The number of hydrogen-bond acceptors (Lipinski definition) is 10. The van der Waals surface area contributed by atoms with Crippen LogP contribution in [0.1, 0.15) is 91.9 Å². The molecule has 0 saturated heterocycles. The third-order valence-electron chi connectivity index (χ3n) is 6.32. The minimum Gasteiger partial charge on any atom is -0.459 e. The van der Waals surface area contributed by atoms with E-state index in [2.05, 4.69) is 25.9 Å². The molecule has 6 atom stereocenters. The first-order chi connectivity index (χ1) is 17.4. The van der Waals surface area contributed by atoms with Gasteiger partial charge in [-0.15, -0.1) is 11.3 Å². The van der Waals surface area contributed by atoms with Gasteiger partial charge in [0.15, 0.2) is 5.69 Å². The van der Waals surface area contributed by atoms with Crippen molar-refractivity contribution in [2.24, 2.45) is 17.6 Å². The molecule has 6 unspecified atom stereocenters. The maximum absolute atomic E-state index is 13.1. The van der Waals surface area contributed by atoms with Crippen LogP contribution in [0.4, 0.5) is 0 Å². The average molecular weight is 535 g/mol. The van der Waals surface area contributed by atoms with Gasteiger partial charge in [-0.3, -0.25) is 14.4 Å². The van der Waals surface area contributed by atoms with E-state index in [1.807, 2.05) is 27.7 Å². The highest BCUT2D eigenvalue weighted by molar-refractivity contribution is 7.09. The van der Waals surface area contributed by atoms with Crippen LogP contribution in [-0.4, -0.2) is 51.8 Å². The van der Waals surface area contributed by atoms with Crippen LogP contribution in [0.5, 0.6) is 0 Å².